The molecule has 0 bridgehead atoms. The van der Waals surface area contributed by atoms with Gasteiger partial charge in [0.05, 0.1) is 0 Å². The zero-order valence-corrected chi connectivity index (χ0v) is 16.8. The number of rotatable bonds is 9. The number of alkyl halides is 3. The van der Waals surface area contributed by atoms with Crippen molar-refractivity contribution in [1.82, 2.24) is 20.6 Å². The molecule has 144 valence electrons. The molecule has 0 aliphatic carbocycles. The predicted molar refractivity (Wildman–Crippen MR) is 104 cm³/mol. The number of anilines is 1. The number of guanidine groups is 1. The highest BCUT2D eigenvalue weighted by Gasteiger charge is 2.32. The van der Waals surface area contributed by atoms with Gasteiger partial charge in [0, 0.05) is 32.4 Å². The summed E-state index contributed by atoms with van der Waals surface area (Å²) in [6, 6.07) is 0.843. The van der Waals surface area contributed by atoms with Crippen molar-refractivity contribution in [3.8, 4) is 0 Å². The van der Waals surface area contributed by atoms with Crippen LogP contribution in [-0.2, 0) is 6.18 Å². The number of hydrogen-bond acceptors (Lipinski definition) is 4. The lowest BCUT2D eigenvalue weighted by atomic mass is 10.2. The monoisotopic (exact) mass is 474 g/mol. The van der Waals surface area contributed by atoms with Crippen molar-refractivity contribution in [2.24, 2.45) is 4.99 Å². The Balaban J connectivity index is 0.00000576. The Morgan fingerprint density at radius 2 is 1.92 bits per heavy atom. The van der Waals surface area contributed by atoms with Crippen molar-refractivity contribution in [2.45, 2.75) is 39.3 Å². The molecule has 0 saturated carbocycles. The van der Waals surface area contributed by atoms with Crippen LogP contribution in [0.15, 0.2) is 17.3 Å². The summed E-state index contributed by atoms with van der Waals surface area (Å²) in [5.74, 6) is 0.650. The molecule has 3 N–H and O–H groups in total. The van der Waals surface area contributed by atoms with Gasteiger partial charge in [-0.1, -0.05) is 19.8 Å². The number of nitrogens with one attached hydrogen (secondary N) is 3. The maximum atomic E-state index is 12.6. The number of aliphatic imine (C=N–C) groups is 1. The van der Waals surface area contributed by atoms with Crippen LogP contribution in [0.4, 0.5) is 19.1 Å². The molecule has 0 aliphatic heterocycles. The van der Waals surface area contributed by atoms with Crippen molar-refractivity contribution in [1.29, 1.82) is 0 Å². The van der Waals surface area contributed by atoms with Gasteiger partial charge in [0.25, 0.3) is 0 Å². The molecular weight excluding hydrogens is 448 g/mol. The van der Waals surface area contributed by atoms with E-state index >= 15 is 0 Å². The first-order valence-corrected chi connectivity index (χ1v) is 8.13. The van der Waals surface area contributed by atoms with Crippen LogP contribution in [0.1, 0.15) is 38.8 Å². The molecule has 6 nitrogen and oxygen atoms in total. The first kappa shape index (κ1) is 23.7. The molecule has 1 aromatic heterocycles. The highest BCUT2D eigenvalue weighted by atomic mass is 127. The van der Waals surface area contributed by atoms with Gasteiger partial charge in [-0.2, -0.15) is 13.2 Å². The summed E-state index contributed by atoms with van der Waals surface area (Å²) < 4.78 is 37.7. The molecule has 0 radical (unpaired) electrons. The molecule has 25 heavy (non-hydrogen) atoms. The van der Waals surface area contributed by atoms with Gasteiger partial charge >= 0.3 is 6.18 Å². The Labute approximate surface area is 163 Å². The van der Waals surface area contributed by atoms with Crippen molar-refractivity contribution in [3.05, 3.63) is 18.0 Å². The van der Waals surface area contributed by atoms with Crippen LogP contribution in [-0.4, -0.2) is 42.1 Å². The molecule has 10 heteroatoms. The van der Waals surface area contributed by atoms with Crippen molar-refractivity contribution in [2.75, 3.05) is 31.5 Å². The van der Waals surface area contributed by atoms with E-state index in [2.05, 4.69) is 37.8 Å². The van der Waals surface area contributed by atoms with Crippen LogP contribution in [0.5, 0.6) is 0 Å². The van der Waals surface area contributed by atoms with E-state index < -0.39 is 11.9 Å². The average Bonchev–Trinajstić information content (AvgIpc) is 2.55. The van der Waals surface area contributed by atoms with E-state index in [9.17, 15) is 13.2 Å². The van der Waals surface area contributed by atoms with E-state index in [1.807, 2.05) is 6.92 Å². The maximum absolute atomic E-state index is 12.6. The third-order valence-corrected chi connectivity index (χ3v) is 3.02. The van der Waals surface area contributed by atoms with Gasteiger partial charge < -0.3 is 16.0 Å². The van der Waals surface area contributed by atoms with Gasteiger partial charge in [-0.15, -0.1) is 24.0 Å². The minimum absolute atomic E-state index is 0. The summed E-state index contributed by atoms with van der Waals surface area (Å²) in [6.45, 7) is 6.45. The minimum Gasteiger partial charge on any atom is -0.357 e. The number of nitrogens with zero attached hydrogens (tertiary/aromatic N) is 3. The zero-order valence-electron chi connectivity index (χ0n) is 14.5. The Morgan fingerprint density at radius 1 is 1.16 bits per heavy atom. The average molecular weight is 474 g/mol. The van der Waals surface area contributed by atoms with Gasteiger partial charge in [0.15, 0.2) is 5.96 Å². The lowest BCUT2D eigenvalue weighted by molar-refractivity contribution is -0.141. The number of unbranched alkanes of at least 4 members (excludes halogenated alkanes) is 2. The molecule has 0 saturated heterocycles. The highest BCUT2D eigenvalue weighted by molar-refractivity contribution is 14.0. The summed E-state index contributed by atoms with van der Waals surface area (Å²) in [7, 11) is 0. The van der Waals surface area contributed by atoms with Gasteiger partial charge in [-0.3, -0.25) is 4.99 Å². The largest absolute Gasteiger partial charge is 0.433 e. The number of hydrogen-bond donors (Lipinski definition) is 3. The molecule has 0 unspecified atom stereocenters. The quantitative estimate of drug-likeness (QED) is 0.222. The van der Waals surface area contributed by atoms with Crippen LogP contribution in [0.2, 0.25) is 0 Å². The fourth-order valence-electron chi connectivity index (χ4n) is 1.85. The van der Waals surface area contributed by atoms with E-state index in [1.54, 1.807) is 0 Å². The van der Waals surface area contributed by atoms with E-state index in [4.69, 9.17) is 0 Å². The summed E-state index contributed by atoms with van der Waals surface area (Å²) in [5.41, 5.74) is -0.959. The molecule has 1 heterocycles. The van der Waals surface area contributed by atoms with Crippen molar-refractivity contribution >= 4 is 35.9 Å². The van der Waals surface area contributed by atoms with Crippen molar-refractivity contribution < 1.29 is 13.2 Å². The lowest BCUT2D eigenvalue weighted by Crippen LogP contribution is -2.39. The molecule has 0 atom stereocenters. The van der Waals surface area contributed by atoms with Crippen molar-refractivity contribution in [3.63, 3.8) is 0 Å². The third kappa shape index (κ3) is 10.3. The van der Waals surface area contributed by atoms with E-state index in [1.165, 1.54) is 0 Å². The third-order valence-electron chi connectivity index (χ3n) is 3.02. The topological polar surface area (TPSA) is 74.2 Å². The standard InChI is InChI=1S/C15H25F3N6.HI/c1-3-5-6-8-20-13(19-4-2)22-10-11-23-14-21-9-7-12(24-14)15(16,17)18;/h7,9H,3-6,8,10-11H2,1-2H3,(H2,19,20,22)(H,21,23,24);1H. The maximum Gasteiger partial charge on any atom is 0.433 e. The van der Waals surface area contributed by atoms with Crippen LogP contribution < -0.4 is 16.0 Å². The zero-order chi connectivity index (χ0) is 17.8. The van der Waals surface area contributed by atoms with Crippen LogP contribution in [0.3, 0.4) is 0 Å². The normalized spacial score (nSPS) is 11.6. The van der Waals surface area contributed by atoms with Gasteiger partial charge in [-0.25, -0.2) is 9.97 Å². The fourth-order valence-corrected chi connectivity index (χ4v) is 1.85. The molecule has 0 aliphatic rings. The van der Waals surface area contributed by atoms with E-state index in [0.29, 0.717) is 19.0 Å². The second-order valence-corrected chi connectivity index (χ2v) is 5.08. The molecule has 0 fully saturated rings. The van der Waals surface area contributed by atoms with Crippen LogP contribution in [0.25, 0.3) is 0 Å². The Hall–Kier alpha value is -1.33. The second-order valence-electron chi connectivity index (χ2n) is 5.08. The molecular formula is C15H26F3IN6. The lowest BCUT2D eigenvalue weighted by Gasteiger charge is -2.12. The van der Waals surface area contributed by atoms with Crippen LogP contribution in [0, 0.1) is 0 Å². The molecule has 0 aromatic carbocycles. The Bertz CT molecular complexity index is 510. The Kier molecular flexibility index (Phi) is 12.3. The smallest absolute Gasteiger partial charge is 0.357 e. The fraction of sp³-hybridized carbons (Fsp3) is 0.667. The second kappa shape index (κ2) is 13.0. The molecule has 1 rings (SSSR count). The summed E-state index contributed by atoms with van der Waals surface area (Å²) in [5, 5.41) is 8.99. The van der Waals surface area contributed by atoms with Gasteiger partial charge in [0.2, 0.25) is 5.95 Å². The highest BCUT2D eigenvalue weighted by Crippen LogP contribution is 2.27. The first-order chi connectivity index (χ1) is 11.5. The summed E-state index contributed by atoms with van der Waals surface area (Å²) in [6.07, 6.45) is -0.0764. The van der Waals surface area contributed by atoms with Crippen LogP contribution >= 0.6 is 24.0 Å². The molecule has 0 spiro atoms. The van der Waals surface area contributed by atoms with Gasteiger partial charge in [-0.05, 0) is 19.4 Å². The molecule has 1 aromatic rings. The first-order valence-electron chi connectivity index (χ1n) is 8.13. The SMILES string of the molecule is CCCCCN=C(NCC)NCCNc1nccc(C(F)(F)F)n1.I. The minimum atomic E-state index is -4.47. The summed E-state index contributed by atoms with van der Waals surface area (Å²) >= 11 is 0. The number of halogens is 4. The Morgan fingerprint density at radius 3 is 2.56 bits per heavy atom. The van der Waals surface area contributed by atoms with Gasteiger partial charge in [0.1, 0.15) is 5.69 Å². The predicted octanol–water partition coefficient (Wildman–Crippen LogP) is 3.27. The summed E-state index contributed by atoms with van der Waals surface area (Å²) in [4.78, 5) is 11.7. The number of aromatic nitrogens is 2. The van der Waals surface area contributed by atoms with E-state index in [-0.39, 0.29) is 29.9 Å². The molecule has 0 amide bonds. The van der Waals surface area contributed by atoms with E-state index in [0.717, 1.165) is 44.6 Å².